The van der Waals surface area contributed by atoms with Gasteiger partial charge in [0.1, 0.15) is 0 Å². The molecule has 0 saturated carbocycles. The van der Waals surface area contributed by atoms with Gasteiger partial charge in [-0.25, -0.2) is 4.79 Å². The minimum atomic E-state index is -1.05. The molecule has 5 nitrogen and oxygen atoms in total. The minimum Gasteiger partial charge on any atom is -0.463 e. The van der Waals surface area contributed by atoms with E-state index in [0.717, 1.165) is 22.0 Å². The topological polar surface area (TPSA) is 55.8 Å². The van der Waals surface area contributed by atoms with Crippen molar-refractivity contribution in [3.05, 3.63) is 48.0 Å². The Balaban J connectivity index is 2.00. The molecule has 0 aliphatic carbocycles. The molecular formula is C20H21NO4S. The lowest BCUT2D eigenvalue weighted by Gasteiger charge is -2.32. The Morgan fingerprint density at radius 1 is 1.08 bits per heavy atom. The lowest BCUT2D eigenvalue weighted by atomic mass is 10.1. The Morgan fingerprint density at radius 2 is 1.81 bits per heavy atom. The van der Waals surface area contributed by atoms with E-state index in [-0.39, 0.29) is 6.61 Å². The molecule has 2 aromatic rings. The average molecular weight is 371 g/mol. The summed E-state index contributed by atoms with van der Waals surface area (Å²) < 4.78 is 10.3. The zero-order chi connectivity index (χ0) is 18.7. The van der Waals surface area contributed by atoms with Crippen LogP contribution < -0.4 is 4.90 Å². The summed E-state index contributed by atoms with van der Waals surface area (Å²) in [6, 6.07) is 13.9. The van der Waals surface area contributed by atoms with Crippen molar-refractivity contribution < 1.29 is 19.1 Å². The Bertz CT molecular complexity index is 836. The van der Waals surface area contributed by atoms with Crippen LogP contribution in [-0.2, 0) is 19.1 Å². The number of nitrogens with zero attached hydrogens (tertiary/aromatic N) is 1. The highest BCUT2D eigenvalue weighted by molar-refractivity contribution is 7.99. The van der Waals surface area contributed by atoms with E-state index in [1.165, 1.54) is 12.6 Å². The molecule has 6 heteroatoms. The van der Waals surface area contributed by atoms with Gasteiger partial charge in [-0.2, -0.15) is 0 Å². The van der Waals surface area contributed by atoms with Gasteiger partial charge in [0.05, 0.1) is 18.0 Å². The predicted molar refractivity (Wildman–Crippen MR) is 101 cm³/mol. The Labute approximate surface area is 157 Å². The van der Waals surface area contributed by atoms with Crippen LogP contribution in [-0.4, -0.2) is 25.1 Å². The van der Waals surface area contributed by atoms with Crippen molar-refractivity contribution in [1.82, 2.24) is 0 Å². The maximum absolute atomic E-state index is 12.2. The van der Waals surface area contributed by atoms with Crippen molar-refractivity contribution in [3.8, 4) is 0 Å². The van der Waals surface area contributed by atoms with Crippen molar-refractivity contribution >= 4 is 35.1 Å². The molecule has 0 amide bonds. The van der Waals surface area contributed by atoms with E-state index in [2.05, 4.69) is 24.0 Å². The second-order valence-corrected chi connectivity index (χ2v) is 6.87. The molecule has 136 valence electrons. The molecule has 1 aliphatic rings. The molecule has 0 bridgehead atoms. The molecule has 0 aromatic heterocycles. The number of ether oxygens (including phenoxy) is 2. The van der Waals surface area contributed by atoms with Gasteiger partial charge in [-0.05, 0) is 38.1 Å². The van der Waals surface area contributed by atoms with Crippen molar-refractivity contribution in [2.75, 3.05) is 18.1 Å². The summed E-state index contributed by atoms with van der Waals surface area (Å²) >= 11 is 1.64. The fourth-order valence-corrected chi connectivity index (χ4v) is 4.13. The normalized spacial score (nSPS) is 13.4. The van der Waals surface area contributed by atoms with Crippen LogP contribution in [0.15, 0.2) is 52.3 Å². The molecular weight excluding hydrogens is 350 g/mol. The van der Waals surface area contributed by atoms with Gasteiger partial charge in [-0.15, -0.1) is 0 Å². The van der Waals surface area contributed by atoms with Gasteiger partial charge < -0.3 is 14.4 Å². The number of carbonyl (C=O) groups excluding carboxylic acids is 2. The molecule has 1 aliphatic heterocycles. The van der Waals surface area contributed by atoms with Gasteiger partial charge in [0.2, 0.25) is 6.10 Å². The highest BCUT2D eigenvalue weighted by Crippen LogP contribution is 2.48. The zero-order valence-corrected chi connectivity index (χ0v) is 15.8. The number of hydrogen-bond acceptors (Lipinski definition) is 6. The van der Waals surface area contributed by atoms with Gasteiger partial charge in [-0.3, -0.25) is 4.79 Å². The van der Waals surface area contributed by atoms with E-state index < -0.39 is 18.0 Å². The van der Waals surface area contributed by atoms with Gasteiger partial charge in [0.25, 0.3) is 0 Å². The summed E-state index contributed by atoms with van der Waals surface area (Å²) in [6.07, 6.45) is -1.05. The largest absolute Gasteiger partial charge is 0.463 e. The maximum Gasteiger partial charge on any atom is 0.352 e. The summed E-state index contributed by atoms with van der Waals surface area (Å²) in [5.74, 6) is -1.08. The summed E-state index contributed by atoms with van der Waals surface area (Å²) in [5.41, 5.74) is 2.85. The first-order valence-corrected chi connectivity index (χ1v) is 9.39. The van der Waals surface area contributed by atoms with E-state index in [1.54, 1.807) is 18.7 Å². The van der Waals surface area contributed by atoms with E-state index in [0.29, 0.717) is 5.56 Å². The smallest absolute Gasteiger partial charge is 0.352 e. The third kappa shape index (κ3) is 3.55. The fourth-order valence-electron chi connectivity index (χ4n) is 2.99. The standard InChI is InChI=1S/C20H21NO4S/c1-4-21-15-8-6-7-9-17(15)26-18-12-14(10-11-16(18)21)19(25-13(3)22)20(23)24-5-2/h6-12,19H,4-5H2,1-3H3/t19-/m1/s1. The number of esters is 2. The predicted octanol–water partition coefficient (Wildman–Crippen LogP) is 4.48. The van der Waals surface area contributed by atoms with Gasteiger partial charge in [0.15, 0.2) is 0 Å². The molecule has 26 heavy (non-hydrogen) atoms. The summed E-state index contributed by atoms with van der Waals surface area (Å²) in [6.45, 7) is 6.17. The number of anilines is 2. The summed E-state index contributed by atoms with van der Waals surface area (Å²) in [5, 5.41) is 0. The molecule has 1 atom stereocenters. The molecule has 2 aromatic carbocycles. The highest BCUT2D eigenvalue weighted by Gasteiger charge is 2.28. The molecule has 0 saturated heterocycles. The first-order chi connectivity index (χ1) is 12.5. The number of para-hydroxylation sites is 1. The number of hydrogen-bond donors (Lipinski definition) is 0. The van der Waals surface area contributed by atoms with Crippen LogP contribution in [0.4, 0.5) is 11.4 Å². The van der Waals surface area contributed by atoms with Crippen LogP contribution in [0, 0.1) is 0 Å². The number of benzene rings is 2. The maximum atomic E-state index is 12.2. The number of fused-ring (bicyclic) bond motifs is 2. The molecule has 0 N–H and O–H groups in total. The minimum absolute atomic E-state index is 0.229. The van der Waals surface area contributed by atoms with Crippen molar-refractivity contribution in [3.63, 3.8) is 0 Å². The first-order valence-electron chi connectivity index (χ1n) is 8.57. The molecule has 0 fully saturated rings. The molecule has 3 rings (SSSR count). The third-order valence-electron chi connectivity index (χ3n) is 4.05. The average Bonchev–Trinajstić information content (AvgIpc) is 2.63. The van der Waals surface area contributed by atoms with Crippen LogP contribution in [0.5, 0.6) is 0 Å². The van der Waals surface area contributed by atoms with E-state index in [9.17, 15) is 9.59 Å². The van der Waals surface area contributed by atoms with Crippen molar-refractivity contribution in [2.24, 2.45) is 0 Å². The van der Waals surface area contributed by atoms with E-state index in [1.807, 2.05) is 30.3 Å². The van der Waals surface area contributed by atoms with Crippen LogP contribution in [0.3, 0.4) is 0 Å². The lowest BCUT2D eigenvalue weighted by Crippen LogP contribution is -2.23. The molecule has 0 spiro atoms. The molecule has 1 heterocycles. The van der Waals surface area contributed by atoms with Crippen molar-refractivity contribution in [1.29, 1.82) is 0 Å². The Hall–Kier alpha value is -2.47. The molecule has 0 radical (unpaired) electrons. The second kappa shape index (κ2) is 7.83. The van der Waals surface area contributed by atoms with Crippen LogP contribution in [0.25, 0.3) is 0 Å². The van der Waals surface area contributed by atoms with Crippen LogP contribution >= 0.6 is 11.8 Å². The Kier molecular flexibility index (Phi) is 5.52. The van der Waals surface area contributed by atoms with Gasteiger partial charge >= 0.3 is 11.9 Å². The number of carbonyl (C=O) groups is 2. The SMILES string of the molecule is CCOC(=O)[C@H](OC(C)=O)c1ccc2c(c1)Sc1ccccc1N2CC. The molecule has 0 unspecified atom stereocenters. The third-order valence-corrected chi connectivity index (χ3v) is 5.17. The summed E-state index contributed by atoms with van der Waals surface area (Å²) in [4.78, 5) is 28.1. The van der Waals surface area contributed by atoms with E-state index in [4.69, 9.17) is 9.47 Å². The lowest BCUT2D eigenvalue weighted by molar-refractivity contribution is -0.167. The van der Waals surface area contributed by atoms with Crippen LogP contribution in [0.1, 0.15) is 32.4 Å². The van der Waals surface area contributed by atoms with Crippen LogP contribution in [0.2, 0.25) is 0 Å². The summed E-state index contributed by atoms with van der Waals surface area (Å²) in [7, 11) is 0. The Morgan fingerprint density at radius 3 is 2.50 bits per heavy atom. The monoisotopic (exact) mass is 371 g/mol. The highest BCUT2D eigenvalue weighted by atomic mass is 32.2. The van der Waals surface area contributed by atoms with Gasteiger partial charge in [-0.1, -0.05) is 30.0 Å². The van der Waals surface area contributed by atoms with Gasteiger partial charge in [0, 0.05) is 28.8 Å². The first kappa shape index (κ1) is 18.3. The van der Waals surface area contributed by atoms with Crippen molar-refractivity contribution in [2.45, 2.75) is 36.7 Å². The van der Waals surface area contributed by atoms with E-state index >= 15 is 0 Å². The quantitative estimate of drug-likeness (QED) is 0.723. The number of rotatable bonds is 5. The fraction of sp³-hybridized carbons (Fsp3) is 0.300. The second-order valence-electron chi connectivity index (χ2n) is 5.78. The zero-order valence-electron chi connectivity index (χ0n) is 15.0.